The Morgan fingerprint density at radius 3 is 2.68 bits per heavy atom. The van der Waals surface area contributed by atoms with Gasteiger partial charge in [0.15, 0.2) is 0 Å². The monoisotopic (exact) mass is 364 g/mol. The number of amides is 1. The molecular weight excluding hydrogens is 344 g/mol. The topological polar surface area (TPSA) is 85.4 Å². The lowest BCUT2D eigenvalue weighted by Gasteiger charge is -2.13. The van der Waals surface area contributed by atoms with Crippen LogP contribution < -0.4 is 20.1 Å². The van der Waals surface area contributed by atoms with Gasteiger partial charge in [-0.05, 0) is 12.5 Å². The van der Waals surface area contributed by atoms with Gasteiger partial charge in [0, 0.05) is 24.9 Å². The molecule has 1 heterocycles. The number of rotatable bonds is 8. The molecule has 0 spiro atoms. The Morgan fingerprint density at radius 1 is 1.24 bits per heavy atom. The molecule has 2 N–H and O–H groups in total. The van der Waals surface area contributed by atoms with E-state index in [1.54, 1.807) is 18.2 Å². The van der Waals surface area contributed by atoms with Crippen LogP contribution in [0, 0.1) is 0 Å². The van der Waals surface area contributed by atoms with E-state index in [0.29, 0.717) is 28.2 Å². The van der Waals surface area contributed by atoms with Crippen LogP contribution in [0.1, 0.15) is 30.3 Å². The van der Waals surface area contributed by atoms with Crippen molar-refractivity contribution in [2.75, 3.05) is 31.4 Å². The van der Waals surface area contributed by atoms with Crippen molar-refractivity contribution in [3.63, 3.8) is 0 Å². The van der Waals surface area contributed by atoms with Crippen LogP contribution in [0.3, 0.4) is 0 Å². The first-order chi connectivity index (χ1) is 12.1. The Labute approximate surface area is 151 Å². The molecule has 1 amide bonds. The summed E-state index contributed by atoms with van der Waals surface area (Å²) in [4.78, 5) is 20.8. The summed E-state index contributed by atoms with van der Waals surface area (Å²) in [5, 5.41) is 6.23. The molecule has 0 saturated carbocycles. The van der Waals surface area contributed by atoms with Gasteiger partial charge in [0.05, 0.1) is 24.9 Å². The molecule has 0 saturated heterocycles. The lowest BCUT2D eigenvalue weighted by molar-refractivity contribution is 0.102. The van der Waals surface area contributed by atoms with E-state index in [0.717, 1.165) is 19.4 Å². The van der Waals surface area contributed by atoms with Crippen molar-refractivity contribution in [3.8, 4) is 11.5 Å². The number of ether oxygens (including phenoxy) is 2. The second kappa shape index (κ2) is 9.08. The Bertz CT molecular complexity index is 740. The molecule has 25 heavy (non-hydrogen) atoms. The number of methoxy groups -OCH3 is 2. The van der Waals surface area contributed by atoms with Crippen molar-refractivity contribution in [1.82, 2.24) is 9.97 Å². The van der Waals surface area contributed by atoms with E-state index in [2.05, 4.69) is 27.5 Å². The van der Waals surface area contributed by atoms with Crippen molar-refractivity contribution < 1.29 is 14.3 Å². The molecule has 1 aromatic carbocycles. The van der Waals surface area contributed by atoms with Gasteiger partial charge in [-0.1, -0.05) is 24.9 Å². The molecule has 1 aromatic heterocycles. The summed E-state index contributed by atoms with van der Waals surface area (Å²) in [5.74, 6) is 0.891. The highest BCUT2D eigenvalue weighted by molar-refractivity contribution is 6.32. The van der Waals surface area contributed by atoms with E-state index in [-0.39, 0.29) is 11.6 Å². The van der Waals surface area contributed by atoms with Gasteiger partial charge in [-0.15, -0.1) is 0 Å². The Kier molecular flexibility index (Phi) is 6.82. The smallest absolute Gasteiger partial charge is 0.274 e. The first-order valence-corrected chi connectivity index (χ1v) is 8.26. The molecule has 0 bridgehead atoms. The molecule has 2 rings (SSSR count). The van der Waals surface area contributed by atoms with Crippen LogP contribution in [0.4, 0.5) is 11.6 Å². The number of benzene rings is 1. The van der Waals surface area contributed by atoms with Gasteiger partial charge in [-0.2, -0.15) is 0 Å². The van der Waals surface area contributed by atoms with E-state index >= 15 is 0 Å². The summed E-state index contributed by atoms with van der Waals surface area (Å²) in [7, 11) is 2.99. The number of hydrogen-bond donors (Lipinski definition) is 2. The van der Waals surface area contributed by atoms with Crippen molar-refractivity contribution in [3.05, 3.63) is 35.1 Å². The summed E-state index contributed by atoms with van der Waals surface area (Å²) in [5.41, 5.74) is 0.679. The number of nitrogens with zero attached hydrogens (tertiary/aromatic N) is 2. The van der Waals surface area contributed by atoms with Crippen LogP contribution in [-0.4, -0.2) is 36.6 Å². The fourth-order valence-electron chi connectivity index (χ4n) is 2.09. The van der Waals surface area contributed by atoms with Gasteiger partial charge < -0.3 is 20.1 Å². The highest BCUT2D eigenvalue weighted by Gasteiger charge is 2.15. The summed E-state index contributed by atoms with van der Waals surface area (Å²) < 4.78 is 10.4. The molecule has 134 valence electrons. The average Bonchev–Trinajstić information content (AvgIpc) is 2.63. The summed E-state index contributed by atoms with van der Waals surface area (Å²) in [6.45, 7) is 2.85. The van der Waals surface area contributed by atoms with E-state index in [1.165, 1.54) is 20.4 Å². The zero-order chi connectivity index (χ0) is 18.2. The number of unbranched alkanes of at least 4 members (excludes halogenated alkanes) is 1. The number of carbonyl (C=O) groups is 1. The fourth-order valence-corrected chi connectivity index (χ4v) is 2.32. The molecule has 0 aliphatic carbocycles. The lowest BCUT2D eigenvalue weighted by atomic mass is 10.2. The first-order valence-electron chi connectivity index (χ1n) is 7.88. The van der Waals surface area contributed by atoms with Crippen LogP contribution in [0.2, 0.25) is 5.02 Å². The van der Waals surface area contributed by atoms with Crippen LogP contribution in [0.15, 0.2) is 24.4 Å². The molecule has 7 nitrogen and oxygen atoms in total. The number of aromatic nitrogens is 2. The van der Waals surface area contributed by atoms with Gasteiger partial charge in [0.25, 0.3) is 5.91 Å². The summed E-state index contributed by atoms with van der Waals surface area (Å²) in [6, 6.07) is 4.72. The van der Waals surface area contributed by atoms with Crippen molar-refractivity contribution >= 4 is 29.1 Å². The third-order valence-electron chi connectivity index (χ3n) is 3.42. The van der Waals surface area contributed by atoms with Crippen LogP contribution in [-0.2, 0) is 0 Å². The molecular formula is C17H21ClN4O3. The normalized spacial score (nSPS) is 10.2. The standard InChI is InChI=1S/C17H21ClN4O3/c1-4-5-7-19-17-20-8-6-12(22-17)16(23)21-13-10-14(24-2)11(18)9-15(13)25-3/h6,8-10H,4-5,7H2,1-3H3,(H,21,23)(H,19,20,22). The first kappa shape index (κ1) is 18.8. The third-order valence-corrected chi connectivity index (χ3v) is 3.72. The minimum Gasteiger partial charge on any atom is -0.495 e. The van der Waals surface area contributed by atoms with E-state index in [4.69, 9.17) is 21.1 Å². The number of nitrogens with one attached hydrogen (secondary N) is 2. The molecule has 2 aromatic rings. The van der Waals surface area contributed by atoms with Crippen molar-refractivity contribution in [2.24, 2.45) is 0 Å². The molecule has 0 atom stereocenters. The Balaban J connectivity index is 2.18. The average molecular weight is 365 g/mol. The molecule has 0 unspecified atom stereocenters. The van der Waals surface area contributed by atoms with Crippen molar-refractivity contribution in [1.29, 1.82) is 0 Å². The summed E-state index contributed by atoms with van der Waals surface area (Å²) in [6.07, 6.45) is 3.60. The number of hydrogen-bond acceptors (Lipinski definition) is 6. The Hall–Kier alpha value is -2.54. The largest absolute Gasteiger partial charge is 0.495 e. The maximum Gasteiger partial charge on any atom is 0.274 e. The maximum atomic E-state index is 12.5. The zero-order valence-corrected chi connectivity index (χ0v) is 15.2. The number of anilines is 2. The Morgan fingerprint density at radius 2 is 2.00 bits per heavy atom. The van der Waals surface area contributed by atoms with E-state index < -0.39 is 0 Å². The highest BCUT2D eigenvalue weighted by atomic mass is 35.5. The van der Waals surface area contributed by atoms with Gasteiger partial charge in [-0.25, -0.2) is 9.97 Å². The van der Waals surface area contributed by atoms with Gasteiger partial charge >= 0.3 is 0 Å². The molecule has 0 aliphatic heterocycles. The predicted molar refractivity (Wildman–Crippen MR) is 97.9 cm³/mol. The van der Waals surface area contributed by atoms with E-state index in [9.17, 15) is 4.79 Å². The van der Waals surface area contributed by atoms with Crippen LogP contribution >= 0.6 is 11.6 Å². The van der Waals surface area contributed by atoms with Crippen LogP contribution in [0.5, 0.6) is 11.5 Å². The van der Waals surface area contributed by atoms with Crippen LogP contribution in [0.25, 0.3) is 0 Å². The molecule has 0 fully saturated rings. The second-order valence-electron chi connectivity index (χ2n) is 5.19. The SMILES string of the molecule is CCCCNc1nccc(C(=O)Nc2cc(OC)c(Cl)cc2OC)n1. The third kappa shape index (κ3) is 4.96. The maximum absolute atomic E-state index is 12.5. The number of carbonyl (C=O) groups excluding carboxylic acids is 1. The minimum absolute atomic E-state index is 0.241. The fraction of sp³-hybridized carbons (Fsp3) is 0.353. The van der Waals surface area contributed by atoms with Gasteiger partial charge in [0.1, 0.15) is 17.2 Å². The minimum atomic E-state index is -0.386. The molecule has 0 radical (unpaired) electrons. The van der Waals surface area contributed by atoms with Gasteiger partial charge in [0.2, 0.25) is 5.95 Å². The zero-order valence-electron chi connectivity index (χ0n) is 14.4. The lowest BCUT2D eigenvalue weighted by Crippen LogP contribution is -2.16. The van der Waals surface area contributed by atoms with Crippen molar-refractivity contribution in [2.45, 2.75) is 19.8 Å². The quantitative estimate of drug-likeness (QED) is 0.696. The highest BCUT2D eigenvalue weighted by Crippen LogP contribution is 2.36. The number of halogens is 1. The molecule has 8 heteroatoms. The second-order valence-corrected chi connectivity index (χ2v) is 5.59. The molecule has 0 aliphatic rings. The summed E-state index contributed by atoms with van der Waals surface area (Å²) >= 11 is 6.07. The predicted octanol–water partition coefficient (Wildman–Crippen LogP) is 3.61. The van der Waals surface area contributed by atoms with E-state index in [1.807, 2.05) is 0 Å². The van der Waals surface area contributed by atoms with Gasteiger partial charge in [-0.3, -0.25) is 4.79 Å².